The molecule has 4 aromatic rings. The van der Waals surface area contributed by atoms with Crippen LogP contribution in [0.25, 0.3) is 10.9 Å². The van der Waals surface area contributed by atoms with Crippen LogP contribution < -0.4 is 14.2 Å². The van der Waals surface area contributed by atoms with Crippen molar-refractivity contribution in [2.45, 2.75) is 12.5 Å². The van der Waals surface area contributed by atoms with E-state index in [4.69, 9.17) is 30.9 Å². The minimum Gasteiger partial charge on any atom is -0.497 e. The Bertz CT molecular complexity index is 1490. The molecule has 36 heavy (non-hydrogen) atoms. The maximum absolute atomic E-state index is 13.8. The van der Waals surface area contributed by atoms with E-state index in [0.717, 1.165) is 16.7 Å². The molecule has 1 aromatic heterocycles. The monoisotopic (exact) mass is 501 g/mol. The van der Waals surface area contributed by atoms with Crippen LogP contribution in [-0.2, 0) is 0 Å². The van der Waals surface area contributed by atoms with Gasteiger partial charge in [-0.15, -0.1) is 0 Å². The van der Waals surface area contributed by atoms with E-state index in [0.29, 0.717) is 40.3 Å². The zero-order valence-electron chi connectivity index (χ0n) is 20.1. The van der Waals surface area contributed by atoms with Gasteiger partial charge in [0.15, 0.2) is 0 Å². The number of hydrogen-bond acceptors (Lipinski definition) is 6. The van der Waals surface area contributed by atoms with Crippen molar-refractivity contribution in [1.29, 1.82) is 0 Å². The van der Waals surface area contributed by atoms with Crippen molar-refractivity contribution in [1.82, 2.24) is 9.99 Å². The molecule has 1 aliphatic rings. The van der Waals surface area contributed by atoms with E-state index in [9.17, 15) is 4.79 Å². The standard InChI is InChI=1S/C28H24ClN3O4/c1-34-19-10-6-8-17(14-19)22-16-23(32(31-22)28(33)20-11-4-5-12-24(20)35-2)21-15-18-9-7-13-25(36-3)26(18)30-27(21)29/h4-15,23H,16H2,1-3H3/t23-/m0/s1. The molecule has 0 N–H and O–H groups in total. The molecule has 182 valence electrons. The van der Waals surface area contributed by atoms with E-state index in [1.54, 1.807) is 32.4 Å². The number of para-hydroxylation sites is 2. The Morgan fingerprint density at radius 3 is 2.44 bits per heavy atom. The fourth-order valence-electron chi connectivity index (χ4n) is 4.43. The topological polar surface area (TPSA) is 73.2 Å². The molecule has 3 aromatic carbocycles. The number of nitrogens with zero attached hydrogens (tertiary/aromatic N) is 3. The molecule has 0 bridgehead atoms. The van der Waals surface area contributed by atoms with Gasteiger partial charge in [0.25, 0.3) is 5.91 Å². The van der Waals surface area contributed by atoms with Gasteiger partial charge in [0.1, 0.15) is 27.9 Å². The highest BCUT2D eigenvalue weighted by Crippen LogP contribution is 2.40. The molecular weight excluding hydrogens is 478 g/mol. The van der Waals surface area contributed by atoms with E-state index in [1.807, 2.05) is 54.6 Å². The van der Waals surface area contributed by atoms with Gasteiger partial charge in [-0.3, -0.25) is 4.79 Å². The highest BCUT2D eigenvalue weighted by atomic mass is 35.5. The Balaban J connectivity index is 1.63. The summed E-state index contributed by atoms with van der Waals surface area (Å²) in [7, 11) is 4.75. The number of carbonyl (C=O) groups excluding carboxylic acids is 1. The average Bonchev–Trinajstić information content (AvgIpc) is 3.37. The summed E-state index contributed by atoms with van der Waals surface area (Å²) in [6.07, 6.45) is 0.449. The molecule has 0 saturated carbocycles. The van der Waals surface area contributed by atoms with Crippen molar-refractivity contribution >= 4 is 34.1 Å². The van der Waals surface area contributed by atoms with Gasteiger partial charge in [-0.1, -0.05) is 48.0 Å². The molecule has 2 heterocycles. The number of amides is 1. The summed E-state index contributed by atoms with van der Waals surface area (Å²) in [5.74, 6) is 1.51. The lowest BCUT2D eigenvalue weighted by molar-refractivity contribution is 0.0707. The second-order valence-electron chi connectivity index (χ2n) is 8.25. The zero-order valence-corrected chi connectivity index (χ0v) is 20.8. The molecule has 0 aliphatic carbocycles. The van der Waals surface area contributed by atoms with Crippen LogP contribution in [-0.4, -0.2) is 42.9 Å². The molecule has 1 amide bonds. The Hall–Kier alpha value is -4.10. The average molecular weight is 502 g/mol. The van der Waals surface area contributed by atoms with E-state index in [1.165, 1.54) is 12.1 Å². The number of hydrogen-bond donors (Lipinski definition) is 0. The van der Waals surface area contributed by atoms with Crippen LogP contribution in [0.3, 0.4) is 0 Å². The second kappa shape index (κ2) is 9.87. The first-order valence-electron chi connectivity index (χ1n) is 11.4. The number of hydrazone groups is 1. The number of aromatic nitrogens is 1. The van der Waals surface area contributed by atoms with Crippen LogP contribution in [0.4, 0.5) is 0 Å². The van der Waals surface area contributed by atoms with Crippen molar-refractivity contribution in [2.24, 2.45) is 5.10 Å². The first kappa shape index (κ1) is 23.6. The lowest BCUT2D eigenvalue weighted by Gasteiger charge is -2.24. The quantitative estimate of drug-likeness (QED) is 0.307. The van der Waals surface area contributed by atoms with E-state index >= 15 is 0 Å². The van der Waals surface area contributed by atoms with Gasteiger partial charge < -0.3 is 14.2 Å². The molecule has 5 rings (SSSR count). The largest absolute Gasteiger partial charge is 0.497 e. The van der Waals surface area contributed by atoms with Crippen LogP contribution in [0.2, 0.25) is 5.15 Å². The van der Waals surface area contributed by atoms with Crippen LogP contribution in [0.1, 0.15) is 33.9 Å². The van der Waals surface area contributed by atoms with Crippen LogP contribution in [0.5, 0.6) is 17.2 Å². The smallest absolute Gasteiger partial charge is 0.278 e. The van der Waals surface area contributed by atoms with Crippen molar-refractivity contribution in [3.63, 3.8) is 0 Å². The van der Waals surface area contributed by atoms with Crippen molar-refractivity contribution in [2.75, 3.05) is 21.3 Å². The van der Waals surface area contributed by atoms with Crippen molar-refractivity contribution < 1.29 is 19.0 Å². The number of pyridine rings is 1. The van der Waals surface area contributed by atoms with E-state index in [-0.39, 0.29) is 11.1 Å². The predicted octanol–water partition coefficient (Wildman–Crippen LogP) is 5.91. The highest BCUT2D eigenvalue weighted by molar-refractivity contribution is 6.30. The fourth-order valence-corrected chi connectivity index (χ4v) is 4.69. The molecule has 0 unspecified atom stereocenters. The van der Waals surface area contributed by atoms with Gasteiger partial charge in [-0.05, 0) is 36.4 Å². The van der Waals surface area contributed by atoms with Crippen LogP contribution in [0, 0.1) is 0 Å². The van der Waals surface area contributed by atoms with Gasteiger partial charge in [-0.25, -0.2) is 9.99 Å². The fraction of sp³-hybridized carbons (Fsp3) is 0.179. The lowest BCUT2D eigenvalue weighted by atomic mass is 9.97. The Morgan fingerprint density at radius 2 is 1.67 bits per heavy atom. The number of benzene rings is 3. The number of halogens is 1. The van der Waals surface area contributed by atoms with Crippen LogP contribution >= 0.6 is 11.6 Å². The van der Waals surface area contributed by atoms with Crippen LogP contribution in [0.15, 0.2) is 77.9 Å². The first-order valence-corrected chi connectivity index (χ1v) is 11.7. The summed E-state index contributed by atoms with van der Waals surface area (Å²) >= 11 is 6.73. The third kappa shape index (κ3) is 4.22. The number of carbonyl (C=O) groups is 1. The molecule has 1 atom stereocenters. The molecule has 0 spiro atoms. The third-order valence-electron chi connectivity index (χ3n) is 6.23. The first-order chi connectivity index (χ1) is 17.5. The van der Waals surface area contributed by atoms with Gasteiger partial charge in [-0.2, -0.15) is 5.10 Å². The molecule has 0 radical (unpaired) electrons. The maximum atomic E-state index is 13.8. The summed E-state index contributed by atoms with van der Waals surface area (Å²) in [6.45, 7) is 0. The second-order valence-corrected chi connectivity index (χ2v) is 8.61. The lowest BCUT2D eigenvalue weighted by Crippen LogP contribution is -2.27. The number of fused-ring (bicyclic) bond motifs is 1. The minimum absolute atomic E-state index is 0.289. The molecule has 7 nitrogen and oxygen atoms in total. The third-order valence-corrected chi connectivity index (χ3v) is 6.53. The Morgan fingerprint density at radius 1 is 0.917 bits per heavy atom. The summed E-state index contributed by atoms with van der Waals surface area (Å²) in [5.41, 5.74) is 3.36. The zero-order chi connectivity index (χ0) is 25.2. The minimum atomic E-state index is -0.473. The molecule has 8 heteroatoms. The summed E-state index contributed by atoms with van der Waals surface area (Å²) in [4.78, 5) is 18.4. The van der Waals surface area contributed by atoms with Crippen molar-refractivity contribution in [3.8, 4) is 17.2 Å². The molecule has 0 saturated heterocycles. The predicted molar refractivity (Wildman–Crippen MR) is 139 cm³/mol. The molecular formula is C28H24ClN3O4. The number of ether oxygens (including phenoxy) is 3. The SMILES string of the molecule is COc1cccc(C2=NN(C(=O)c3ccccc3OC)[C@H](c3cc4cccc(OC)c4nc3Cl)C2)c1. The van der Waals surface area contributed by atoms with Gasteiger partial charge in [0, 0.05) is 22.9 Å². The normalized spacial score (nSPS) is 15.1. The Labute approximate surface area is 213 Å². The van der Waals surface area contributed by atoms with E-state index < -0.39 is 6.04 Å². The van der Waals surface area contributed by atoms with Gasteiger partial charge in [0.05, 0.1) is 38.6 Å². The summed E-state index contributed by atoms with van der Waals surface area (Å²) < 4.78 is 16.3. The summed E-state index contributed by atoms with van der Waals surface area (Å²) in [6, 6.07) is 21.8. The Kier molecular flexibility index (Phi) is 6.48. The van der Waals surface area contributed by atoms with Crippen molar-refractivity contribution in [3.05, 3.63) is 94.6 Å². The highest BCUT2D eigenvalue weighted by Gasteiger charge is 2.36. The molecule has 0 fully saturated rings. The molecule has 1 aliphatic heterocycles. The van der Waals surface area contributed by atoms with E-state index in [2.05, 4.69) is 4.98 Å². The van der Waals surface area contributed by atoms with Gasteiger partial charge in [0.2, 0.25) is 0 Å². The maximum Gasteiger partial charge on any atom is 0.278 e. The number of rotatable bonds is 6. The summed E-state index contributed by atoms with van der Waals surface area (Å²) in [5, 5.41) is 7.39. The van der Waals surface area contributed by atoms with Gasteiger partial charge >= 0.3 is 0 Å². The number of methoxy groups -OCH3 is 3.